The first-order valence-corrected chi connectivity index (χ1v) is 10.4. The maximum Gasteiger partial charge on any atom is 0.169 e. The summed E-state index contributed by atoms with van der Waals surface area (Å²) in [6.45, 7) is 0.704. The second-order valence-corrected chi connectivity index (χ2v) is 9.40. The molecule has 1 aliphatic carbocycles. The van der Waals surface area contributed by atoms with Crippen molar-refractivity contribution >= 4 is 43.3 Å². The van der Waals surface area contributed by atoms with Gasteiger partial charge in [0.05, 0.1) is 0 Å². The van der Waals surface area contributed by atoms with Crippen LogP contribution in [0.5, 0.6) is 0 Å². The van der Waals surface area contributed by atoms with Crippen LogP contribution in [-0.4, -0.2) is 48.1 Å². The van der Waals surface area contributed by atoms with Crippen LogP contribution in [0.3, 0.4) is 0 Å². The SMILES string of the molecule is CS(=O)(=O)C1CSCCN1c1cc(Br)nc(C2CC2)n1. The second-order valence-electron chi connectivity index (χ2n) is 5.23. The van der Waals surface area contributed by atoms with Gasteiger partial charge in [0, 0.05) is 36.3 Å². The van der Waals surface area contributed by atoms with E-state index in [0.717, 1.165) is 34.8 Å². The predicted octanol–water partition coefficient (Wildman–Crippen LogP) is 2.04. The molecule has 1 aliphatic heterocycles. The van der Waals surface area contributed by atoms with E-state index in [4.69, 9.17) is 0 Å². The Bertz CT molecular complexity index is 619. The molecule has 1 aromatic rings. The third kappa shape index (κ3) is 3.12. The van der Waals surface area contributed by atoms with Crippen molar-refractivity contribution in [1.29, 1.82) is 0 Å². The first kappa shape index (κ1) is 14.6. The van der Waals surface area contributed by atoms with E-state index in [2.05, 4.69) is 25.9 Å². The molecular weight excluding hydrogens is 362 g/mol. The van der Waals surface area contributed by atoms with Gasteiger partial charge in [0.2, 0.25) is 0 Å². The minimum atomic E-state index is -3.12. The van der Waals surface area contributed by atoms with Crippen LogP contribution in [0.4, 0.5) is 5.82 Å². The van der Waals surface area contributed by atoms with E-state index in [1.807, 2.05) is 11.0 Å². The van der Waals surface area contributed by atoms with E-state index < -0.39 is 15.2 Å². The Hall–Kier alpha value is -0.340. The predicted molar refractivity (Wildman–Crippen MR) is 85.0 cm³/mol. The van der Waals surface area contributed by atoms with Gasteiger partial charge in [-0.15, -0.1) is 0 Å². The Morgan fingerprint density at radius 3 is 2.80 bits per heavy atom. The van der Waals surface area contributed by atoms with Gasteiger partial charge < -0.3 is 4.90 Å². The Labute approximate surface area is 131 Å². The third-order valence-corrected chi connectivity index (χ3v) is 6.56. The average Bonchev–Trinajstić information content (AvgIpc) is 3.21. The van der Waals surface area contributed by atoms with Gasteiger partial charge in [-0.3, -0.25) is 0 Å². The molecule has 0 aromatic carbocycles. The lowest BCUT2D eigenvalue weighted by molar-refractivity contribution is 0.583. The van der Waals surface area contributed by atoms with Crippen LogP contribution in [0.2, 0.25) is 0 Å². The number of halogens is 1. The first-order chi connectivity index (χ1) is 9.45. The number of rotatable bonds is 3. The average molecular weight is 378 g/mol. The molecule has 3 rings (SSSR count). The molecule has 2 heterocycles. The monoisotopic (exact) mass is 377 g/mol. The van der Waals surface area contributed by atoms with Gasteiger partial charge in [-0.2, -0.15) is 11.8 Å². The second kappa shape index (κ2) is 5.46. The first-order valence-electron chi connectivity index (χ1n) is 6.53. The lowest BCUT2D eigenvalue weighted by Crippen LogP contribution is -2.47. The largest absolute Gasteiger partial charge is 0.338 e. The molecule has 0 N–H and O–H groups in total. The van der Waals surface area contributed by atoms with Crippen molar-refractivity contribution in [3.8, 4) is 0 Å². The minimum absolute atomic E-state index is 0.446. The van der Waals surface area contributed by atoms with Crippen LogP contribution < -0.4 is 4.90 Å². The van der Waals surface area contributed by atoms with E-state index in [1.54, 1.807) is 11.8 Å². The van der Waals surface area contributed by atoms with Crippen molar-refractivity contribution in [2.75, 3.05) is 29.2 Å². The molecule has 0 radical (unpaired) electrons. The van der Waals surface area contributed by atoms with Gasteiger partial charge in [0.15, 0.2) is 9.84 Å². The lowest BCUT2D eigenvalue weighted by atomic mass is 10.3. The molecule has 0 bridgehead atoms. The zero-order chi connectivity index (χ0) is 14.3. The Kier molecular flexibility index (Phi) is 3.98. The molecule has 0 spiro atoms. The number of hydrogen-bond acceptors (Lipinski definition) is 6. The number of nitrogens with zero attached hydrogens (tertiary/aromatic N) is 3. The molecule has 1 atom stereocenters. The quantitative estimate of drug-likeness (QED) is 0.751. The number of thioether (sulfide) groups is 1. The van der Waals surface area contributed by atoms with Crippen LogP contribution in [0.1, 0.15) is 24.6 Å². The molecular formula is C12H16BrN3O2S2. The van der Waals surface area contributed by atoms with Crippen molar-refractivity contribution in [2.45, 2.75) is 24.1 Å². The smallest absolute Gasteiger partial charge is 0.169 e. The number of anilines is 1. The summed E-state index contributed by atoms with van der Waals surface area (Å²) in [5.74, 6) is 3.53. The van der Waals surface area contributed by atoms with Gasteiger partial charge in [0.1, 0.15) is 21.6 Å². The van der Waals surface area contributed by atoms with Gasteiger partial charge in [0.25, 0.3) is 0 Å². The summed E-state index contributed by atoms with van der Waals surface area (Å²) in [5.41, 5.74) is 0. The maximum absolute atomic E-state index is 12.0. The standard InChI is InChI=1S/C12H16BrN3O2S2/c1-20(17,18)11-7-19-5-4-16(11)10-6-9(13)14-12(15-10)8-2-3-8/h6,8,11H,2-5,7H2,1H3. The van der Waals surface area contributed by atoms with E-state index in [9.17, 15) is 8.42 Å². The molecule has 1 unspecified atom stereocenters. The summed E-state index contributed by atoms with van der Waals surface area (Å²) >= 11 is 5.09. The summed E-state index contributed by atoms with van der Waals surface area (Å²) in [5, 5.41) is -0.491. The third-order valence-electron chi connectivity index (χ3n) is 3.51. The van der Waals surface area contributed by atoms with Crippen molar-refractivity contribution in [3.05, 3.63) is 16.5 Å². The highest BCUT2D eigenvalue weighted by Crippen LogP contribution is 2.39. The van der Waals surface area contributed by atoms with E-state index in [-0.39, 0.29) is 0 Å². The van der Waals surface area contributed by atoms with Crippen molar-refractivity contribution in [3.63, 3.8) is 0 Å². The van der Waals surface area contributed by atoms with Gasteiger partial charge in [-0.1, -0.05) is 0 Å². The van der Waals surface area contributed by atoms with E-state index in [1.165, 1.54) is 6.26 Å². The van der Waals surface area contributed by atoms with Crippen molar-refractivity contribution in [2.24, 2.45) is 0 Å². The minimum Gasteiger partial charge on any atom is -0.338 e. The summed E-state index contributed by atoms with van der Waals surface area (Å²) < 4.78 is 24.7. The fraction of sp³-hybridized carbons (Fsp3) is 0.667. The topological polar surface area (TPSA) is 63.2 Å². The summed E-state index contributed by atoms with van der Waals surface area (Å²) in [4.78, 5) is 10.9. The highest BCUT2D eigenvalue weighted by molar-refractivity contribution is 9.10. The number of aromatic nitrogens is 2. The normalized spacial score (nSPS) is 23.9. The number of sulfone groups is 1. The van der Waals surface area contributed by atoms with Crippen LogP contribution in [0.15, 0.2) is 10.7 Å². The molecule has 20 heavy (non-hydrogen) atoms. The highest BCUT2D eigenvalue weighted by Gasteiger charge is 2.33. The summed E-state index contributed by atoms with van der Waals surface area (Å²) in [6.07, 6.45) is 3.55. The molecule has 2 aliphatic rings. The van der Waals surface area contributed by atoms with Gasteiger partial charge in [-0.05, 0) is 28.8 Å². The van der Waals surface area contributed by atoms with Crippen LogP contribution in [0.25, 0.3) is 0 Å². The Morgan fingerprint density at radius 2 is 2.15 bits per heavy atom. The lowest BCUT2D eigenvalue weighted by Gasteiger charge is -2.35. The molecule has 5 nitrogen and oxygen atoms in total. The summed E-state index contributed by atoms with van der Waals surface area (Å²) in [7, 11) is -3.12. The maximum atomic E-state index is 12.0. The summed E-state index contributed by atoms with van der Waals surface area (Å²) in [6, 6.07) is 1.82. The van der Waals surface area contributed by atoms with Crippen LogP contribution in [-0.2, 0) is 9.84 Å². The molecule has 2 fully saturated rings. The molecule has 8 heteroatoms. The Balaban J connectivity index is 1.97. The zero-order valence-electron chi connectivity index (χ0n) is 11.1. The molecule has 1 aromatic heterocycles. The molecule has 0 amide bonds. The van der Waals surface area contributed by atoms with Crippen molar-refractivity contribution in [1.82, 2.24) is 9.97 Å². The number of hydrogen-bond donors (Lipinski definition) is 0. The molecule has 1 saturated heterocycles. The Morgan fingerprint density at radius 1 is 1.40 bits per heavy atom. The van der Waals surface area contributed by atoms with Gasteiger partial charge in [-0.25, -0.2) is 18.4 Å². The fourth-order valence-electron chi connectivity index (χ4n) is 2.29. The van der Waals surface area contributed by atoms with E-state index in [0.29, 0.717) is 18.2 Å². The van der Waals surface area contributed by atoms with Crippen LogP contribution >= 0.6 is 27.7 Å². The van der Waals surface area contributed by atoms with Crippen LogP contribution in [0, 0.1) is 0 Å². The van der Waals surface area contributed by atoms with E-state index >= 15 is 0 Å². The fourth-order valence-corrected chi connectivity index (χ4v) is 5.51. The molecule has 1 saturated carbocycles. The zero-order valence-corrected chi connectivity index (χ0v) is 14.3. The van der Waals surface area contributed by atoms with Crippen molar-refractivity contribution < 1.29 is 8.42 Å². The highest BCUT2D eigenvalue weighted by atomic mass is 79.9. The molecule has 110 valence electrons. The van der Waals surface area contributed by atoms with Gasteiger partial charge >= 0.3 is 0 Å².